The molecule has 0 atom stereocenters. The van der Waals surface area contributed by atoms with Crippen LogP contribution >= 0.6 is 0 Å². The van der Waals surface area contributed by atoms with E-state index in [2.05, 4.69) is 45.9 Å². The summed E-state index contributed by atoms with van der Waals surface area (Å²) in [5.41, 5.74) is 4.29. The summed E-state index contributed by atoms with van der Waals surface area (Å²) in [6, 6.07) is 6.69. The Morgan fingerprint density at radius 1 is 1.05 bits per heavy atom. The lowest BCUT2D eigenvalue weighted by atomic mass is 9.92. The van der Waals surface area contributed by atoms with Gasteiger partial charge in [-0.25, -0.2) is 0 Å². The largest absolute Gasteiger partial charge is 0.462 e. The Hall–Kier alpha value is -1.24. The molecule has 1 aliphatic heterocycles. The summed E-state index contributed by atoms with van der Waals surface area (Å²) in [6.45, 7) is 8.91. The van der Waals surface area contributed by atoms with Crippen LogP contribution in [0.4, 0.5) is 0 Å². The summed E-state index contributed by atoms with van der Waals surface area (Å²) in [5, 5.41) is 0. The maximum Gasteiger partial charge on any atom is 0.130 e. The molecule has 0 saturated heterocycles. The highest BCUT2D eigenvalue weighted by molar-refractivity contribution is 5.44. The van der Waals surface area contributed by atoms with Crippen molar-refractivity contribution >= 4 is 0 Å². The molecule has 0 unspecified atom stereocenters. The van der Waals surface area contributed by atoms with Gasteiger partial charge in [0.25, 0.3) is 0 Å². The molecule has 2 rings (SSSR count). The van der Waals surface area contributed by atoms with Crippen molar-refractivity contribution in [2.75, 3.05) is 0 Å². The molecule has 1 nitrogen and oxygen atoms in total. The van der Waals surface area contributed by atoms with E-state index in [0.717, 1.165) is 17.9 Å². The first-order chi connectivity index (χ1) is 10.6. The van der Waals surface area contributed by atoms with Crippen molar-refractivity contribution in [3.63, 3.8) is 0 Å². The molecule has 0 spiro atoms. The van der Waals surface area contributed by atoms with Crippen molar-refractivity contribution in [2.24, 2.45) is 0 Å². The molecule has 22 heavy (non-hydrogen) atoms. The molecule has 1 aliphatic rings. The van der Waals surface area contributed by atoms with Crippen molar-refractivity contribution in [3.8, 4) is 5.75 Å². The number of fused-ring (bicyclic) bond motifs is 1. The molecule has 0 radical (unpaired) electrons. The summed E-state index contributed by atoms with van der Waals surface area (Å²) >= 11 is 0. The molecular weight excluding hydrogens is 268 g/mol. The van der Waals surface area contributed by atoms with E-state index in [-0.39, 0.29) is 0 Å². The first-order valence-corrected chi connectivity index (χ1v) is 9.11. The fourth-order valence-corrected chi connectivity index (χ4v) is 3.17. The third-order valence-electron chi connectivity index (χ3n) is 4.75. The van der Waals surface area contributed by atoms with Gasteiger partial charge in [-0.3, -0.25) is 0 Å². The van der Waals surface area contributed by atoms with Crippen LogP contribution in [-0.4, -0.2) is 0 Å². The third kappa shape index (κ3) is 4.63. The first kappa shape index (κ1) is 17.1. The first-order valence-electron chi connectivity index (χ1n) is 9.11. The van der Waals surface area contributed by atoms with E-state index in [1.165, 1.54) is 61.6 Å². The number of benzene rings is 1. The van der Waals surface area contributed by atoms with Crippen LogP contribution in [0.3, 0.4) is 0 Å². The van der Waals surface area contributed by atoms with Gasteiger partial charge >= 0.3 is 0 Å². The number of hydrogen-bond donors (Lipinski definition) is 0. The van der Waals surface area contributed by atoms with Gasteiger partial charge in [-0.2, -0.15) is 0 Å². The van der Waals surface area contributed by atoms with E-state index >= 15 is 0 Å². The minimum atomic E-state index is 0.583. The van der Waals surface area contributed by atoms with Crippen LogP contribution in [0.15, 0.2) is 29.5 Å². The smallest absolute Gasteiger partial charge is 0.130 e. The maximum absolute atomic E-state index is 6.05. The summed E-state index contributed by atoms with van der Waals surface area (Å²) in [5.74, 6) is 2.78. The number of unbranched alkanes of at least 4 members (excludes halogenated alkanes) is 5. The summed E-state index contributed by atoms with van der Waals surface area (Å²) in [7, 11) is 0. The SMILES string of the molecule is CCCCCCCCC1=C(C)Oc2ccc(C(C)C)cc2C1. The Balaban J connectivity index is 1.90. The van der Waals surface area contributed by atoms with Crippen molar-refractivity contribution < 1.29 is 4.74 Å². The molecular formula is C21H32O. The Kier molecular flexibility index (Phi) is 6.54. The average Bonchev–Trinajstić information content (AvgIpc) is 2.50. The van der Waals surface area contributed by atoms with E-state index in [1.54, 1.807) is 0 Å². The monoisotopic (exact) mass is 300 g/mol. The Morgan fingerprint density at radius 3 is 2.50 bits per heavy atom. The Morgan fingerprint density at radius 2 is 1.77 bits per heavy atom. The summed E-state index contributed by atoms with van der Waals surface area (Å²) in [4.78, 5) is 0. The van der Waals surface area contributed by atoms with Crippen molar-refractivity contribution in [2.45, 2.75) is 85.0 Å². The zero-order chi connectivity index (χ0) is 15.9. The fourth-order valence-electron chi connectivity index (χ4n) is 3.17. The Bertz CT molecular complexity index is 511. The topological polar surface area (TPSA) is 9.23 Å². The number of rotatable bonds is 8. The second-order valence-electron chi connectivity index (χ2n) is 6.98. The molecule has 0 saturated carbocycles. The second-order valence-corrected chi connectivity index (χ2v) is 6.98. The van der Waals surface area contributed by atoms with E-state index in [1.807, 2.05) is 0 Å². The van der Waals surface area contributed by atoms with Crippen LogP contribution in [0.25, 0.3) is 0 Å². The van der Waals surface area contributed by atoms with E-state index in [9.17, 15) is 0 Å². The quantitative estimate of drug-likeness (QED) is 0.481. The average molecular weight is 300 g/mol. The molecule has 122 valence electrons. The van der Waals surface area contributed by atoms with Gasteiger partial charge in [0.05, 0.1) is 0 Å². The van der Waals surface area contributed by atoms with Crippen LogP contribution in [-0.2, 0) is 6.42 Å². The number of hydrogen-bond acceptors (Lipinski definition) is 1. The highest BCUT2D eigenvalue weighted by Gasteiger charge is 2.17. The molecule has 1 aromatic rings. The van der Waals surface area contributed by atoms with E-state index < -0.39 is 0 Å². The molecule has 0 amide bonds. The van der Waals surface area contributed by atoms with Gasteiger partial charge in [-0.1, -0.05) is 65.0 Å². The summed E-state index contributed by atoms with van der Waals surface area (Å²) < 4.78 is 6.05. The van der Waals surface area contributed by atoms with Gasteiger partial charge in [0.15, 0.2) is 0 Å². The van der Waals surface area contributed by atoms with Crippen molar-refractivity contribution in [1.82, 2.24) is 0 Å². The van der Waals surface area contributed by atoms with Crippen LogP contribution in [0, 0.1) is 0 Å². The molecule has 1 aromatic carbocycles. The zero-order valence-electron chi connectivity index (χ0n) is 14.9. The normalized spacial score (nSPS) is 14.2. The second kappa shape index (κ2) is 8.41. The minimum absolute atomic E-state index is 0.583. The van der Waals surface area contributed by atoms with E-state index in [0.29, 0.717) is 5.92 Å². The molecule has 1 heteroatoms. The maximum atomic E-state index is 6.05. The van der Waals surface area contributed by atoms with Gasteiger partial charge < -0.3 is 4.74 Å². The van der Waals surface area contributed by atoms with E-state index in [4.69, 9.17) is 4.74 Å². The molecule has 0 fully saturated rings. The predicted molar refractivity (Wildman–Crippen MR) is 95.6 cm³/mol. The minimum Gasteiger partial charge on any atom is -0.462 e. The van der Waals surface area contributed by atoms with Crippen molar-refractivity contribution in [3.05, 3.63) is 40.7 Å². The predicted octanol–water partition coefficient (Wildman–Crippen LogP) is 6.77. The molecule has 0 bridgehead atoms. The molecule has 1 heterocycles. The van der Waals surface area contributed by atoms with Crippen LogP contribution in [0.5, 0.6) is 5.75 Å². The van der Waals surface area contributed by atoms with Crippen LogP contribution in [0.1, 0.15) is 89.7 Å². The molecule has 0 aromatic heterocycles. The van der Waals surface area contributed by atoms with Gasteiger partial charge in [0, 0.05) is 6.42 Å². The zero-order valence-corrected chi connectivity index (χ0v) is 14.9. The third-order valence-corrected chi connectivity index (χ3v) is 4.75. The Labute approximate surface area is 136 Å². The molecule has 0 aliphatic carbocycles. The van der Waals surface area contributed by atoms with Gasteiger partial charge in [-0.15, -0.1) is 0 Å². The standard InChI is InChI=1S/C21H32O/c1-5-6-7-8-9-10-11-19-15-20-14-18(16(2)3)12-13-21(20)22-17(19)4/h12-14,16H,5-11,15H2,1-4H3. The van der Waals surface area contributed by atoms with Gasteiger partial charge in [0.1, 0.15) is 11.5 Å². The highest BCUT2D eigenvalue weighted by Crippen LogP contribution is 2.34. The number of allylic oxidation sites excluding steroid dienone is 2. The summed E-state index contributed by atoms with van der Waals surface area (Å²) in [6.07, 6.45) is 10.4. The lowest BCUT2D eigenvalue weighted by Gasteiger charge is -2.23. The van der Waals surface area contributed by atoms with Crippen LogP contribution < -0.4 is 4.74 Å². The lowest BCUT2D eigenvalue weighted by molar-refractivity contribution is 0.397. The lowest BCUT2D eigenvalue weighted by Crippen LogP contribution is -2.09. The highest BCUT2D eigenvalue weighted by atomic mass is 16.5. The van der Waals surface area contributed by atoms with Gasteiger partial charge in [-0.05, 0) is 48.4 Å². The fraction of sp³-hybridized carbons (Fsp3) is 0.619. The molecule has 0 N–H and O–H groups in total. The number of ether oxygens (including phenoxy) is 1. The van der Waals surface area contributed by atoms with Gasteiger partial charge in [0.2, 0.25) is 0 Å². The van der Waals surface area contributed by atoms with Crippen LogP contribution in [0.2, 0.25) is 0 Å². The van der Waals surface area contributed by atoms with Crippen molar-refractivity contribution in [1.29, 1.82) is 0 Å².